The molecule has 1 atom stereocenters. The Balaban J connectivity index is 1.61. The molecule has 8 heteroatoms. The van der Waals surface area contributed by atoms with Gasteiger partial charge in [-0.05, 0) is 30.7 Å². The van der Waals surface area contributed by atoms with Gasteiger partial charge in [-0.1, -0.05) is 36.3 Å². The maximum atomic E-state index is 12.5. The van der Waals surface area contributed by atoms with Gasteiger partial charge in [-0.2, -0.15) is 4.98 Å². The first-order valence-corrected chi connectivity index (χ1v) is 9.19. The van der Waals surface area contributed by atoms with Crippen LogP contribution >= 0.6 is 0 Å². The lowest BCUT2D eigenvalue weighted by Gasteiger charge is -2.18. The van der Waals surface area contributed by atoms with E-state index in [1.165, 1.54) is 0 Å². The molecular weight excluding hydrogens is 374 g/mol. The van der Waals surface area contributed by atoms with E-state index >= 15 is 0 Å². The van der Waals surface area contributed by atoms with Crippen molar-refractivity contribution < 1.29 is 23.5 Å². The van der Waals surface area contributed by atoms with E-state index in [4.69, 9.17) is 18.7 Å². The zero-order chi connectivity index (χ0) is 20.6. The Bertz CT molecular complexity index is 957. The number of nitrogens with one attached hydrogen (secondary N) is 1. The van der Waals surface area contributed by atoms with Gasteiger partial charge in [-0.25, -0.2) is 0 Å². The molecule has 1 N–H and O–H groups in total. The first kappa shape index (κ1) is 20.2. The summed E-state index contributed by atoms with van der Waals surface area (Å²) >= 11 is 0. The molecule has 3 aromatic rings. The maximum Gasteiger partial charge on any atom is 0.261 e. The molecule has 29 heavy (non-hydrogen) atoms. The number of hydrogen-bond acceptors (Lipinski definition) is 7. The van der Waals surface area contributed by atoms with Crippen molar-refractivity contribution in [3.05, 3.63) is 54.4 Å². The van der Waals surface area contributed by atoms with Crippen LogP contribution in [0.1, 0.15) is 19.2 Å². The Morgan fingerprint density at radius 1 is 1.10 bits per heavy atom. The summed E-state index contributed by atoms with van der Waals surface area (Å²) in [6, 6.07) is 14.5. The molecule has 0 aliphatic rings. The molecule has 0 aliphatic carbocycles. The molecule has 0 radical (unpaired) electrons. The van der Waals surface area contributed by atoms with E-state index in [1.54, 1.807) is 32.4 Å². The van der Waals surface area contributed by atoms with E-state index in [-0.39, 0.29) is 12.5 Å². The lowest BCUT2D eigenvalue weighted by molar-refractivity contribution is -0.128. The fraction of sp³-hybridized carbons (Fsp3) is 0.286. The lowest BCUT2D eigenvalue weighted by atomic mass is 10.2. The van der Waals surface area contributed by atoms with Gasteiger partial charge in [0.05, 0.1) is 20.8 Å². The molecule has 0 aliphatic heterocycles. The molecule has 0 unspecified atom stereocenters. The minimum Gasteiger partial charge on any atom is -0.497 e. The van der Waals surface area contributed by atoms with Crippen LogP contribution in [0.2, 0.25) is 0 Å². The quantitative estimate of drug-likeness (QED) is 0.592. The minimum atomic E-state index is -0.674. The predicted octanol–water partition coefficient (Wildman–Crippen LogP) is 3.23. The highest BCUT2D eigenvalue weighted by Crippen LogP contribution is 2.27. The number of carbonyl (C=O) groups excluding carboxylic acids is 1. The van der Waals surface area contributed by atoms with Crippen LogP contribution in [0, 0.1) is 0 Å². The Morgan fingerprint density at radius 3 is 2.62 bits per heavy atom. The van der Waals surface area contributed by atoms with Crippen LogP contribution in [0.4, 0.5) is 0 Å². The summed E-state index contributed by atoms with van der Waals surface area (Å²) in [6.45, 7) is 1.97. The molecule has 1 heterocycles. The van der Waals surface area contributed by atoms with Crippen LogP contribution in [0.3, 0.4) is 0 Å². The van der Waals surface area contributed by atoms with Crippen molar-refractivity contribution in [1.82, 2.24) is 15.5 Å². The fourth-order valence-electron chi connectivity index (χ4n) is 2.67. The van der Waals surface area contributed by atoms with Gasteiger partial charge in [0.1, 0.15) is 5.75 Å². The van der Waals surface area contributed by atoms with Gasteiger partial charge >= 0.3 is 0 Å². The van der Waals surface area contributed by atoms with E-state index in [2.05, 4.69) is 15.5 Å². The summed E-state index contributed by atoms with van der Waals surface area (Å²) in [5.41, 5.74) is 0.761. The third-order valence-electron chi connectivity index (χ3n) is 4.21. The summed E-state index contributed by atoms with van der Waals surface area (Å²) < 4.78 is 21.5. The Morgan fingerprint density at radius 2 is 1.90 bits per heavy atom. The standard InChI is InChI=1S/C21H23N3O5/c1-4-16(28-18-11-6-5-10-17(18)27-3)21(25)22-13-19-23-20(24-29-19)14-8-7-9-15(12-14)26-2/h5-12,16H,4,13H2,1-3H3,(H,22,25)/t16-/m0/s1. The fourth-order valence-corrected chi connectivity index (χ4v) is 2.67. The van der Waals surface area contributed by atoms with Crippen LogP contribution in [0.15, 0.2) is 53.1 Å². The summed E-state index contributed by atoms with van der Waals surface area (Å²) in [5.74, 6) is 2.21. The van der Waals surface area contributed by atoms with Crippen molar-refractivity contribution in [1.29, 1.82) is 0 Å². The highest BCUT2D eigenvalue weighted by molar-refractivity contribution is 5.81. The highest BCUT2D eigenvalue weighted by Gasteiger charge is 2.20. The third kappa shape index (κ3) is 5.04. The van der Waals surface area contributed by atoms with Gasteiger partial charge in [0.25, 0.3) is 5.91 Å². The first-order chi connectivity index (χ1) is 14.1. The second-order valence-corrected chi connectivity index (χ2v) is 6.13. The molecule has 0 saturated heterocycles. The average Bonchev–Trinajstić information content (AvgIpc) is 3.25. The van der Waals surface area contributed by atoms with Gasteiger partial charge in [0.2, 0.25) is 11.7 Å². The van der Waals surface area contributed by atoms with Crippen LogP contribution in [0.5, 0.6) is 17.2 Å². The van der Waals surface area contributed by atoms with Crippen LogP contribution in [0.25, 0.3) is 11.4 Å². The van der Waals surface area contributed by atoms with Crippen LogP contribution in [-0.4, -0.2) is 36.4 Å². The number of benzene rings is 2. The Hall–Kier alpha value is -3.55. The summed E-state index contributed by atoms with van der Waals surface area (Å²) in [5, 5.41) is 6.72. The average molecular weight is 397 g/mol. The maximum absolute atomic E-state index is 12.5. The smallest absolute Gasteiger partial charge is 0.261 e. The number of carbonyl (C=O) groups is 1. The molecule has 1 amide bonds. The lowest BCUT2D eigenvalue weighted by Crippen LogP contribution is -2.37. The molecule has 152 valence electrons. The second kappa shape index (κ2) is 9.59. The number of hydrogen-bond donors (Lipinski definition) is 1. The normalized spacial score (nSPS) is 11.6. The number of nitrogens with zero attached hydrogens (tertiary/aromatic N) is 2. The summed E-state index contributed by atoms with van der Waals surface area (Å²) in [7, 11) is 3.15. The Labute approximate surface area is 168 Å². The van der Waals surface area contributed by atoms with E-state index < -0.39 is 6.10 Å². The zero-order valence-corrected chi connectivity index (χ0v) is 16.5. The zero-order valence-electron chi connectivity index (χ0n) is 16.5. The molecule has 3 rings (SSSR count). The van der Waals surface area contributed by atoms with Crippen molar-refractivity contribution >= 4 is 5.91 Å². The second-order valence-electron chi connectivity index (χ2n) is 6.13. The molecule has 1 aromatic heterocycles. The topological polar surface area (TPSA) is 95.7 Å². The number of para-hydroxylation sites is 2. The molecule has 0 spiro atoms. The minimum absolute atomic E-state index is 0.0988. The van der Waals surface area contributed by atoms with Gasteiger partial charge < -0.3 is 24.1 Å². The summed E-state index contributed by atoms with van der Waals surface area (Å²) in [4.78, 5) is 16.8. The van der Waals surface area contributed by atoms with Crippen molar-refractivity contribution in [3.8, 4) is 28.6 Å². The van der Waals surface area contributed by atoms with E-state index in [9.17, 15) is 4.79 Å². The molecule has 0 saturated carbocycles. The van der Waals surface area contributed by atoms with Crippen molar-refractivity contribution in [2.75, 3.05) is 14.2 Å². The van der Waals surface area contributed by atoms with Gasteiger partial charge in [-0.15, -0.1) is 0 Å². The van der Waals surface area contributed by atoms with Crippen molar-refractivity contribution in [2.24, 2.45) is 0 Å². The van der Waals surface area contributed by atoms with Crippen molar-refractivity contribution in [3.63, 3.8) is 0 Å². The van der Waals surface area contributed by atoms with E-state index in [1.807, 2.05) is 37.3 Å². The largest absolute Gasteiger partial charge is 0.497 e. The molecule has 8 nitrogen and oxygen atoms in total. The van der Waals surface area contributed by atoms with Gasteiger partial charge in [0, 0.05) is 5.56 Å². The van der Waals surface area contributed by atoms with E-state index in [0.717, 1.165) is 5.56 Å². The third-order valence-corrected chi connectivity index (χ3v) is 4.21. The Kier molecular flexibility index (Phi) is 6.67. The highest BCUT2D eigenvalue weighted by atomic mass is 16.5. The number of ether oxygens (including phenoxy) is 3. The molecule has 2 aromatic carbocycles. The SMILES string of the molecule is CC[C@H](Oc1ccccc1OC)C(=O)NCc1nc(-c2cccc(OC)c2)no1. The van der Waals surface area contributed by atoms with E-state index in [0.29, 0.717) is 35.4 Å². The van der Waals surface area contributed by atoms with Crippen LogP contribution < -0.4 is 19.5 Å². The number of aromatic nitrogens is 2. The molecule has 0 fully saturated rings. The molecule has 0 bridgehead atoms. The summed E-state index contributed by atoms with van der Waals surface area (Å²) in [6.07, 6.45) is -0.185. The van der Waals surface area contributed by atoms with Gasteiger partial charge in [-0.3, -0.25) is 4.79 Å². The van der Waals surface area contributed by atoms with Crippen LogP contribution in [-0.2, 0) is 11.3 Å². The first-order valence-electron chi connectivity index (χ1n) is 9.19. The molecular formula is C21H23N3O5. The van der Waals surface area contributed by atoms with Gasteiger partial charge in [0.15, 0.2) is 17.6 Å². The number of methoxy groups -OCH3 is 2. The number of amides is 1. The monoisotopic (exact) mass is 397 g/mol. The number of rotatable bonds is 9. The van der Waals surface area contributed by atoms with Crippen molar-refractivity contribution in [2.45, 2.75) is 26.0 Å². The predicted molar refractivity (Wildman–Crippen MR) is 106 cm³/mol.